The number of rotatable bonds is 5. The second-order valence-corrected chi connectivity index (χ2v) is 6.77. The number of nitrogens with zero attached hydrogens (tertiary/aromatic N) is 1. The predicted molar refractivity (Wildman–Crippen MR) is 96.2 cm³/mol. The standard InChI is InChI=1S/C18H16F2N2O3S/c1-9(2)25-14-5-4-10(6-15(14)24-3)17(23)22-18-21-13-7-11(19)12(20)8-16(13)26-18/h4-9H,1-3H3,(H,21,22,23). The van der Waals surface area contributed by atoms with E-state index in [4.69, 9.17) is 9.47 Å². The van der Waals surface area contributed by atoms with Gasteiger partial charge < -0.3 is 9.47 Å². The van der Waals surface area contributed by atoms with Crippen molar-refractivity contribution in [3.63, 3.8) is 0 Å². The summed E-state index contributed by atoms with van der Waals surface area (Å²) in [5, 5.41) is 2.87. The van der Waals surface area contributed by atoms with E-state index in [1.165, 1.54) is 7.11 Å². The van der Waals surface area contributed by atoms with Crippen LogP contribution in [-0.4, -0.2) is 24.1 Å². The minimum Gasteiger partial charge on any atom is -0.493 e. The molecule has 0 bridgehead atoms. The smallest absolute Gasteiger partial charge is 0.257 e. The summed E-state index contributed by atoms with van der Waals surface area (Å²) in [6.45, 7) is 3.78. The normalized spacial score (nSPS) is 11.0. The molecule has 8 heteroatoms. The van der Waals surface area contributed by atoms with Crippen LogP contribution < -0.4 is 14.8 Å². The molecule has 0 aliphatic rings. The van der Waals surface area contributed by atoms with Crippen LogP contribution in [0.15, 0.2) is 30.3 Å². The van der Waals surface area contributed by atoms with Crippen LogP contribution in [0.5, 0.6) is 11.5 Å². The van der Waals surface area contributed by atoms with Crippen LogP contribution in [0.4, 0.5) is 13.9 Å². The SMILES string of the molecule is COc1cc(C(=O)Nc2nc3cc(F)c(F)cc3s2)ccc1OC(C)C. The first kappa shape index (κ1) is 18.1. The number of hydrogen-bond donors (Lipinski definition) is 1. The van der Waals surface area contributed by atoms with E-state index in [1.54, 1.807) is 18.2 Å². The summed E-state index contributed by atoms with van der Waals surface area (Å²) in [4.78, 5) is 16.5. The minimum atomic E-state index is -0.980. The van der Waals surface area contributed by atoms with Gasteiger partial charge in [-0.15, -0.1) is 0 Å². The summed E-state index contributed by atoms with van der Waals surface area (Å²) in [7, 11) is 1.49. The lowest BCUT2D eigenvalue weighted by Crippen LogP contribution is -2.12. The number of fused-ring (bicyclic) bond motifs is 1. The van der Waals surface area contributed by atoms with Gasteiger partial charge in [-0.3, -0.25) is 10.1 Å². The number of nitrogens with one attached hydrogen (secondary N) is 1. The summed E-state index contributed by atoms with van der Waals surface area (Å²) in [5.74, 6) is -1.39. The molecule has 1 aromatic heterocycles. The Morgan fingerprint density at radius 2 is 1.88 bits per heavy atom. The van der Waals surface area contributed by atoms with Crippen molar-refractivity contribution in [3.8, 4) is 11.5 Å². The molecule has 0 saturated heterocycles. The lowest BCUT2D eigenvalue weighted by molar-refractivity contribution is 0.102. The van der Waals surface area contributed by atoms with Crippen molar-refractivity contribution in [2.45, 2.75) is 20.0 Å². The minimum absolute atomic E-state index is 0.0351. The maximum atomic E-state index is 13.3. The monoisotopic (exact) mass is 378 g/mol. The van der Waals surface area contributed by atoms with Gasteiger partial charge in [-0.2, -0.15) is 0 Å². The van der Waals surface area contributed by atoms with Gasteiger partial charge in [0.2, 0.25) is 0 Å². The molecule has 0 atom stereocenters. The molecule has 0 aliphatic carbocycles. The predicted octanol–water partition coefficient (Wildman–Crippen LogP) is 4.62. The van der Waals surface area contributed by atoms with Gasteiger partial charge in [-0.1, -0.05) is 11.3 Å². The highest BCUT2D eigenvalue weighted by molar-refractivity contribution is 7.22. The summed E-state index contributed by atoms with van der Waals surface area (Å²) in [6, 6.07) is 6.86. The molecule has 136 valence electrons. The van der Waals surface area contributed by atoms with Crippen molar-refractivity contribution in [1.29, 1.82) is 0 Å². The number of ether oxygens (including phenoxy) is 2. The van der Waals surface area contributed by atoms with E-state index >= 15 is 0 Å². The average molecular weight is 378 g/mol. The van der Waals surface area contributed by atoms with E-state index in [0.29, 0.717) is 21.8 Å². The first-order valence-electron chi connectivity index (χ1n) is 7.79. The lowest BCUT2D eigenvalue weighted by Gasteiger charge is -2.14. The Morgan fingerprint density at radius 1 is 1.15 bits per heavy atom. The second kappa shape index (κ2) is 7.25. The van der Waals surface area contributed by atoms with Crippen molar-refractivity contribution >= 4 is 32.6 Å². The van der Waals surface area contributed by atoms with Gasteiger partial charge in [-0.25, -0.2) is 13.8 Å². The molecule has 0 aliphatic heterocycles. The molecule has 0 unspecified atom stereocenters. The largest absolute Gasteiger partial charge is 0.493 e. The van der Waals surface area contributed by atoms with Crippen molar-refractivity contribution < 1.29 is 23.0 Å². The number of methoxy groups -OCH3 is 1. The molecule has 1 N–H and O–H groups in total. The molecule has 0 fully saturated rings. The van der Waals surface area contributed by atoms with E-state index in [2.05, 4.69) is 10.3 Å². The van der Waals surface area contributed by atoms with E-state index in [1.807, 2.05) is 13.8 Å². The molecule has 3 rings (SSSR count). The van der Waals surface area contributed by atoms with E-state index < -0.39 is 17.5 Å². The molecular weight excluding hydrogens is 362 g/mol. The number of carbonyl (C=O) groups is 1. The number of hydrogen-bond acceptors (Lipinski definition) is 5. The van der Waals surface area contributed by atoms with Gasteiger partial charge in [0.1, 0.15) is 0 Å². The van der Waals surface area contributed by atoms with Crippen molar-refractivity contribution in [3.05, 3.63) is 47.5 Å². The molecular formula is C18H16F2N2O3S. The number of benzene rings is 2. The summed E-state index contributed by atoms with van der Waals surface area (Å²) in [6.07, 6.45) is -0.0351. The van der Waals surface area contributed by atoms with Gasteiger partial charge in [-0.05, 0) is 38.1 Å². The van der Waals surface area contributed by atoms with Gasteiger partial charge >= 0.3 is 0 Å². The van der Waals surface area contributed by atoms with Crippen molar-refractivity contribution in [2.75, 3.05) is 12.4 Å². The van der Waals surface area contributed by atoms with Crippen LogP contribution in [-0.2, 0) is 0 Å². The number of anilines is 1. The Morgan fingerprint density at radius 3 is 2.58 bits per heavy atom. The van der Waals surface area contributed by atoms with Crippen LogP contribution >= 0.6 is 11.3 Å². The lowest BCUT2D eigenvalue weighted by atomic mass is 10.2. The number of halogens is 2. The summed E-state index contributed by atoms with van der Waals surface area (Å²) >= 11 is 1.06. The Balaban J connectivity index is 1.83. The van der Waals surface area contributed by atoms with Gasteiger partial charge in [0.05, 0.1) is 23.4 Å². The number of amides is 1. The van der Waals surface area contributed by atoms with Crippen LogP contribution in [0.1, 0.15) is 24.2 Å². The van der Waals surface area contributed by atoms with Crippen LogP contribution in [0.25, 0.3) is 10.2 Å². The topological polar surface area (TPSA) is 60.5 Å². The average Bonchev–Trinajstić information content (AvgIpc) is 2.96. The van der Waals surface area contributed by atoms with Crippen LogP contribution in [0.3, 0.4) is 0 Å². The zero-order valence-electron chi connectivity index (χ0n) is 14.3. The van der Waals surface area contributed by atoms with Gasteiger partial charge in [0.15, 0.2) is 28.3 Å². The molecule has 1 amide bonds. The highest BCUT2D eigenvalue weighted by Crippen LogP contribution is 2.31. The zero-order chi connectivity index (χ0) is 18.8. The number of carbonyl (C=O) groups excluding carboxylic acids is 1. The van der Waals surface area contributed by atoms with Crippen molar-refractivity contribution in [1.82, 2.24) is 4.98 Å². The Hall–Kier alpha value is -2.74. The van der Waals surface area contributed by atoms with Crippen molar-refractivity contribution in [2.24, 2.45) is 0 Å². The van der Waals surface area contributed by atoms with Crippen LogP contribution in [0.2, 0.25) is 0 Å². The fourth-order valence-electron chi connectivity index (χ4n) is 2.31. The molecule has 0 spiro atoms. The number of aromatic nitrogens is 1. The van der Waals surface area contributed by atoms with E-state index in [-0.39, 0.29) is 16.8 Å². The van der Waals surface area contributed by atoms with Gasteiger partial charge in [0, 0.05) is 11.6 Å². The molecule has 2 aromatic carbocycles. The zero-order valence-corrected chi connectivity index (χ0v) is 15.1. The first-order chi connectivity index (χ1) is 12.4. The molecule has 1 heterocycles. The maximum absolute atomic E-state index is 13.3. The molecule has 26 heavy (non-hydrogen) atoms. The Labute approximate surface area is 152 Å². The summed E-state index contributed by atoms with van der Waals surface area (Å²) < 4.78 is 37.9. The molecule has 0 radical (unpaired) electrons. The van der Waals surface area contributed by atoms with E-state index in [0.717, 1.165) is 23.5 Å². The molecule has 3 aromatic rings. The number of thiazole rings is 1. The quantitative estimate of drug-likeness (QED) is 0.704. The Bertz CT molecular complexity index is 933. The fraction of sp³-hybridized carbons (Fsp3) is 0.222. The third kappa shape index (κ3) is 3.75. The van der Waals surface area contributed by atoms with Crippen LogP contribution in [0, 0.1) is 11.6 Å². The summed E-state index contributed by atoms with van der Waals surface area (Å²) in [5.41, 5.74) is 0.622. The van der Waals surface area contributed by atoms with E-state index in [9.17, 15) is 13.6 Å². The second-order valence-electron chi connectivity index (χ2n) is 5.74. The highest BCUT2D eigenvalue weighted by Gasteiger charge is 2.15. The highest BCUT2D eigenvalue weighted by atomic mass is 32.1. The maximum Gasteiger partial charge on any atom is 0.257 e. The third-order valence-corrected chi connectivity index (χ3v) is 4.37. The molecule has 5 nitrogen and oxygen atoms in total. The molecule has 0 saturated carbocycles. The first-order valence-corrected chi connectivity index (χ1v) is 8.60. The Kier molecular flexibility index (Phi) is 5.03. The third-order valence-electron chi connectivity index (χ3n) is 3.44. The van der Waals surface area contributed by atoms with Gasteiger partial charge in [0.25, 0.3) is 5.91 Å². The fourth-order valence-corrected chi connectivity index (χ4v) is 3.17.